The van der Waals surface area contributed by atoms with Gasteiger partial charge < -0.3 is 24.0 Å². The molecule has 0 saturated heterocycles. The molecule has 0 aliphatic carbocycles. The van der Waals surface area contributed by atoms with Crippen molar-refractivity contribution in [2.75, 3.05) is 25.2 Å². The molecule has 1 N–H and O–H groups in total. The van der Waals surface area contributed by atoms with Gasteiger partial charge in [-0.3, -0.25) is 4.79 Å². The van der Waals surface area contributed by atoms with Gasteiger partial charge in [-0.05, 0) is 56.7 Å². The van der Waals surface area contributed by atoms with Gasteiger partial charge in [0.25, 0.3) is 5.91 Å². The summed E-state index contributed by atoms with van der Waals surface area (Å²) in [7, 11) is 1.56. The lowest BCUT2D eigenvalue weighted by Crippen LogP contribution is -2.40. The van der Waals surface area contributed by atoms with Crippen molar-refractivity contribution in [3.63, 3.8) is 0 Å². The van der Waals surface area contributed by atoms with Crippen molar-refractivity contribution in [2.24, 2.45) is 0 Å². The number of nitrogens with zero attached hydrogens (tertiary/aromatic N) is 2. The first-order chi connectivity index (χ1) is 15.2. The quantitative estimate of drug-likeness (QED) is 0.573. The fourth-order valence-corrected chi connectivity index (χ4v) is 4.04. The number of carbonyl (C=O) groups excluding carboxylic acids is 1. The molecule has 0 spiro atoms. The lowest BCUT2D eigenvalue weighted by Gasteiger charge is -2.29. The molecular weight excluding hydrogens is 428 g/mol. The summed E-state index contributed by atoms with van der Waals surface area (Å²) >= 11 is 6.03. The molecule has 0 fully saturated rings. The van der Waals surface area contributed by atoms with Crippen LogP contribution in [0.1, 0.15) is 30.0 Å². The number of anilines is 1. The SMILES string of the molecule is COc1cc(N2CCn3c(cc(-c4ccc(Cl)cc4)c3C)C2=O)ccc1OCC(C)(C)O. The first kappa shape index (κ1) is 22.2. The van der Waals surface area contributed by atoms with Crippen LogP contribution in [0, 0.1) is 6.92 Å². The van der Waals surface area contributed by atoms with E-state index in [2.05, 4.69) is 4.57 Å². The van der Waals surface area contributed by atoms with E-state index in [1.54, 1.807) is 38.0 Å². The van der Waals surface area contributed by atoms with Gasteiger partial charge in [0.2, 0.25) is 0 Å². The summed E-state index contributed by atoms with van der Waals surface area (Å²) < 4.78 is 13.2. The van der Waals surface area contributed by atoms with Crippen LogP contribution in [-0.4, -0.2) is 41.4 Å². The van der Waals surface area contributed by atoms with E-state index in [0.29, 0.717) is 35.3 Å². The van der Waals surface area contributed by atoms with Crippen molar-refractivity contribution in [1.29, 1.82) is 0 Å². The molecule has 0 bridgehead atoms. The number of ether oxygens (including phenoxy) is 2. The summed E-state index contributed by atoms with van der Waals surface area (Å²) in [5.74, 6) is 0.970. The minimum absolute atomic E-state index is 0.0632. The Labute approximate surface area is 192 Å². The fourth-order valence-electron chi connectivity index (χ4n) is 3.92. The molecule has 1 amide bonds. The van der Waals surface area contributed by atoms with Crippen molar-refractivity contribution in [3.8, 4) is 22.6 Å². The van der Waals surface area contributed by atoms with Crippen LogP contribution >= 0.6 is 11.6 Å². The van der Waals surface area contributed by atoms with E-state index in [0.717, 1.165) is 22.5 Å². The molecule has 1 aliphatic heterocycles. The fraction of sp³-hybridized carbons (Fsp3) is 0.320. The Hall–Kier alpha value is -2.96. The molecule has 1 aliphatic rings. The third-order valence-electron chi connectivity index (χ3n) is 5.57. The van der Waals surface area contributed by atoms with Crippen LogP contribution in [0.3, 0.4) is 0 Å². The van der Waals surface area contributed by atoms with Gasteiger partial charge in [0.15, 0.2) is 11.5 Å². The number of rotatable bonds is 6. The second kappa shape index (κ2) is 8.52. The predicted molar refractivity (Wildman–Crippen MR) is 126 cm³/mol. The number of benzene rings is 2. The molecule has 3 aromatic rings. The minimum Gasteiger partial charge on any atom is -0.493 e. The zero-order chi connectivity index (χ0) is 23.0. The van der Waals surface area contributed by atoms with Crippen LogP contribution in [0.5, 0.6) is 11.5 Å². The van der Waals surface area contributed by atoms with Crippen LogP contribution in [0.15, 0.2) is 48.5 Å². The number of fused-ring (bicyclic) bond motifs is 1. The van der Waals surface area contributed by atoms with Gasteiger partial charge in [-0.2, -0.15) is 0 Å². The van der Waals surface area contributed by atoms with E-state index in [4.69, 9.17) is 21.1 Å². The number of aromatic nitrogens is 1. The van der Waals surface area contributed by atoms with Crippen molar-refractivity contribution in [3.05, 3.63) is 64.9 Å². The highest BCUT2D eigenvalue weighted by atomic mass is 35.5. The van der Waals surface area contributed by atoms with Gasteiger partial charge in [-0.15, -0.1) is 0 Å². The number of halogens is 1. The average Bonchev–Trinajstić information content (AvgIpc) is 3.10. The highest BCUT2D eigenvalue weighted by Crippen LogP contribution is 2.35. The zero-order valence-corrected chi connectivity index (χ0v) is 19.4. The van der Waals surface area contributed by atoms with Crippen molar-refractivity contribution >= 4 is 23.2 Å². The van der Waals surface area contributed by atoms with E-state index >= 15 is 0 Å². The monoisotopic (exact) mass is 454 g/mol. The van der Waals surface area contributed by atoms with Crippen LogP contribution in [0.25, 0.3) is 11.1 Å². The number of hydrogen-bond acceptors (Lipinski definition) is 4. The van der Waals surface area contributed by atoms with E-state index in [1.165, 1.54) is 0 Å². The maximum atomic E-state index is 13.4. The van der Waals surface area contributed by atoms with Crippen LogP contribution in [0.4, 0.5) is 5.69 Å². The number of hydrogen-bond donors (Lipinski definition) is 1. The Morgan fingerprint density at radius 2 is 1.78 bits per heavy atom. The molecular formula is C25H27ClN2O4. The Bertz CT molecular complexity index is 1150. The number of methoxy groups -OCH3 is 1. The van der Waals surface area contributed by atoms with Gasteiger partial charge in [-0.1, -0.05) is 23.7 Å². The Morgan fingerprint density at radius 1 is 1.06 bits per heavy atom. The largest absolute Gasteiger partial charge is 0.493 e. The van der Waals surface area contributed by atoms with Gasteiger partial charge in [0.1, 0.15) is 12.3 Å². The van der Waals surface area contributed by atoms with E-state index in [1.807, 2.05) is 43.3 Å². The lowest BCUT2D eigenvalue weighted by atomic mass is 10.1. The van der Waals surface area contributed by atoms with Crippen molar-refractivity contribution in [1.82, 2.24) is 4.57 Å². The molecule has 0 unspecified atom stereocenters. The second-order valence-corrected chi connectivity index (χ2v) is 9.02. The molecule has 2 aromatic carbocycles. The lowest BCUT2D eigenvalue weighted by molar-refractivity contribution is 0.0276. The highest BCUT2D eigenvalue weighted by Gasteiger charge is 2.29. The third-order valence-corrected chi connectivity index (χ3v) is 5.82. The van der Waals surface area contributed by atoms with Gasteiger partial charge >= 0.3 is 0 Å². The number of amides is 1. The number of aliphatic hydroxyl groups is 1. The standard InChI is InChI=1S/C25H27ClN2O4/c1-16-20(17-5-7-18(26)8-6-17)14-21-24(29)28(12-11-27(16)21)19-9-10-22(23(13-19)31-4)32-15-25(2,3)30/h5-10,13-14,30H,11-12,15H2,1-4H3. The zero-order valence-electron chi connectivity index (χ0n) is 18.7. The van der Waals surface area contributed by atoms with Crippen molar-refractivity contribution in [2.45, 2.75) is 32.9 Å². The molecule has 4 rings (SSSR count). The van der Waals surface area contributed by atoms with Crippen molar-refractivity contribution < 1.29 is 19.4 Å². The smallest absolute Gasteiger partial charge is 0.274 e. The first-order valence-electron chi connectivity index (χ1n) is 10.5. The summed E-state index contributed by atoms with van der Waals surface area (Å²) in [6.45, 7) is 6.76. The molecule has 168 valence electrons. The van der Waals surface area contributed by atoms with Gasteiger partial charge in [-0.25, -0.2) is 0 Å². The van der Waals surface area contributed by atoms with E-state index < -0.39 is 5.60 Å². The molecule has 6 nitrogen and oxygen atoms in total. The normalized spacial score (nSPS) is 13.8. The molecule has 7 heteroatoms. The van der Waals surface area contributed by atoms with E-state index in [-0.39, 0.29) is 12.5 Å². The summed E-state index contributed by atoms with van der Waals surface area (Å²) in [5, 5.41) is 10.6. The van der Waals surface area contributed by atoms with Gasteiger partial charge in [0, 0.05) is 41.1 Å². The summed E-state index contributed by atoms with van der Waals surface area (Å²) in [6.07, 6.45) is 0. The predicted octanol–water partition coefficient (Wildman–Crippen LogP) is 4.94. The molecule has 1 aromatic heterocycles. The van der Waals surface area contributed by atoms with Crippen LogP contribution in [0.2, 0.25) is 5.02 Å². The minimum atomic E-state index is -0.961. The second-order valence-electron chi connectivity index (χ2n) is 8.58. The highest BCUT2D eigenvalue weighted by molar-refractivity contribution is 6.30. The molecule has 0 saturated carbocycles. The summed E-state index contributed by atoms with van der Waals surface area (Å²) in [5.41, 5.74) is 3.55. The topological polar surface area (TPSA) is 63.9 Å². The van der Waals surface area contributed by atoms with E-state index in [9.17, 15) is 9.90 Å². The Morgan fingerprint density at radius 3 is 2.44 bits per heavy atom. The Balaban J connectivity index is 1.62. The average molecular weight is 455 g/mol. The van der Waals surface area contributed by atoms with Gasteiger partial charge in [0.05, 0.1) is 12.7 Å². The molecule has 2 heterocycles. The summed E-state index contributed by atoms with van der Waals surface area (Å²) in [6, 6.07) is 15.0. The maximum Gasteiger partial charge on any atom is 0.274 e. The van der Waals surface area contributed by atoms with Crippen LogP contribution < -0.4 is 14.4 Å². The maximum absolute atomic E-state index is 13.4. The first-order valence-corrected chi connectivity index (χ1v) is 10.9. The molecule has 0 radical (unpaired) electrons. The third kappa shape index (κ3) is 4.33. The number of carbonyl (C=O) groups is 1. The Kier molecular flexibility index (Phi) is 5.93. The molecule has 0 atom stereocenters. The molecule has 32 heavy (non-hydrogen) atoms. The van der Waals surface area contributed by atoms with Crippen LogP contribution in [-0.2, 0) is 6.54 Å². The summed E-state index contributed by atoms with van der Waals surface area (Å²) in [4.78, 5) is 15.1.